The first kappa shape index (κ1) is 15.1. The monoisotopic (exact) mass is 299 g/mol. The third-order valence-corrected chi connectivity index (χ3v) is 2.85. The van der Waals surface area contributed by atoms with Crippen molar-refractivity contribution in [1.82, 2.24) is 0 Å². The molecule has 1 aromatic carbocycles. The van der Waals surface area contributed by atoms with Crippen molar-refractivity contribution < 1.29 is 27.5 Å². The Hall–Kier alpha value is -2.28. The van der Waals surface area contributed by atoms with Gasteiger partial charge in [0, 0.05) is 11.3 Å². The summed E-state index contributed by atoms with van der Waals surface area (Å²) in [6.45, 7) is 1.31. The van der Waals surface area contributed by atoms with E-state index in [-0.39, 0.29) is 12.3 Å². The average molecular weight is 299 g/mol. The maximum atomic E-state index is 12.3. The molecule has 2 N–H and O–H groups in total. The normalized spacial score (nSPS) is 11.5. The van der Waals surface area contributed by atoms with Crippen molar-refractivity contribution in [3.8, 4) is 11.3 Å². The Morgan fingerprint density at radius 2 is 2.00 bits per heavy atom. The van der Waals surface area contributed by atoms with E-state index in [1.54, 1.807) is 31.2 Å². The Bertz CT molecular complexity index is 662. The number of furan rings is 1. The van der Waals surface area contributed by atoms with Crippen molar-refractivity contribution >= 4 is 11.6 Å². The molecular weight excluding hydrogens is 287 g/mol. The molecule has 0 saturated carbocycles. The van der Waals surface area contributed by atoms with Crippen LogP contribution >= 0.6 is 0 Å². The molecular formula is C14H12F3NO3. The minimum absolute atomic E-state index is 0.0526. The molecule has 0 aliphatic heterocycles. The lowest BCUT2D eigenvalue weighted by Crippen LogP contribution is -2.30. The number of alkyl halides is 3. The lowest BCUT2D eigenvalue weighted by atomic mass is 10.1. The Labute approximate surface area is 118 Å². The Balaban J connectivity index is 2.31. The zero-order chi connectivity index (χ0) is 15.6. The Morgan fingerprint density at radius 3 is 2.57 bits per heavy atom. The molecule has 2 aromatic rings. The third kappa shape index (κ3) is 3.43. The van der Waals surface area contributed by atoms with E-state index in [1.807, 2.05) is 5.32 Å². The zero-order valence-corrected chi connectivity index (χ0v) is 11.0. The number of carbonyl (C=O) groups is 1. The highest BCUT2D eigenvalue weighted by Gasteiger charge is 2.38. The van der Waals surface area contributed by atoms with Crippen LogP contribution in [0.15, 0.2) is 34.7 Å². The Morgan fingerprint density at radius 1 is 1.29 bits per heavy atom. The van der Waals surface area contributed by atoms with Gasteiger partial charge in [0.15, 0.2) is 0 Å². The van der Waals surface area contributed by atoms with E-state index in [0.717, 1.165) is 0 Å². The van der Waals surface area contributed by atoms with Crippen LogP contribution in [0.3, 0.4) is 0 Å². The number of nitrogens with one attached hydrogen (secondary N) is 1. The van der Waals surface area contributed by atoms with E-state index in [0.29, 0.717) is 22.6 Å². The van der Waals surface area contributed by atoms with Crippen molar-refractivity contribution in [3.05, 3.63) is 41.7 Å². The smallest absolute Gasteiger partial charge is 0.459 e. The minimum atomic E-state index is -4.95. The van der Waals surface area contributed by atoms with Gasteiger partial charge in [0.1, 0.15) is 18.1 Å². The van der Waals surface area contributed by atoms with E-state index in [9.17, 15) is 18.0 Å². The first-order valence-electron chi connectivity index (χ1n) is 6.00. The number of hydrogen-bond donors (Lipinski definition) is 2. The second-order valence-corrected chi connectivity index (χ2v) is 4.41. The highest BCUT2D eigenvalue weighted by atomic mass is 19.4. The summed E-state index contributed by atoms with van der Waals surface area (Å²) >= 11 is 0. The van der Waals surface area contributed by atoms with Gasteiger partial charge in [0.2, 0.25) is 0 Å². The largest absolute Gasteiger partial charge is 0.471 e. The summed E-state index contributed by atoms with van der Waals surface area (Å²) in [5.74, 6) is -1.30. The first-order chi connectivity index (χ1) is 9.81. The van der Waals surface area contributed by atoms with Gasteiger partial charge in [-0.1, -0.05) is 12.1 Å². The summed E-state index contributed by atoms with van der Waals surface area (Å²) in [5, 5.41) is 10.8. The molecule has 0 bridgehead atoms. The van der Waals surface area contributed by atoms with Crippen molar-refractivity contribution in [2.24, 2.45) is 0 Å². The van der Waals surface area contributed by atoms with Crippen molar-refractivity contribution in [2.75, 3.05) is 5.32 Å². The molecule has 112 valence electrons. The van der Waals surface area contributed by atoms with Crippen LogP contribution in [0.25, 0.3) is 11.3 Å². The van der Waals surface area contributed by atoms with Crippen LogP contribution in [0, 0.1) is 6.92 Å². The molecule has 0 aliphatic rings. The van der Waals surface area contributed by atoms with Gasteiger partial charge in [0.05, 0.1) is 0 Å². The second kappa shape index (κ2) is 5.61. The van der Waals surface area contributed by atoms with Crippen molar-refractivity contribution in [1.29, 1.82) is 0 Å². The molecule has 0 spiro atoms. The maximum absolute atomic E-state index is 12.3. The molecule has 0 radical (unpaired) electrons. The summed E-state index contributed by atoms with van der Waals surface area (Å²) in [4.78, 5) is 11.0. The van der Waals surface area contributed by atoms with Crippen LogP contribution in [0.1, 0.15) is 11.3 Å². The molecule has 2 rings (SSSR count). The molecule has 7 heteroatoms. The van der Waals surface area contributed by atoms with Crippen LogP contribution in [-0.4, -0.2) is 17.2 Å². The number of anilines is 1. The molecule has 0 saturated heterocycles. The van der Waals surface area contributed by atoms with E-state index >= 15 is 0 Å². The van der Waals surface area contributed by atoms with Crippen molar-refractivity contribution in [2.45, 2.75) is 19.7 Å². The van der Waals surface area contributed by atoms with Gasteiger partial charge in [-0.15, -0.1) is 0 Å². The summed E-state index contributed by atoms with van der Waals surface area (Å²) in [6.07, 6.45) is -4.95. The number of aliphatic hydroxyl groups excluding tert-OH is 1. The van der Waals surface area contributed by atoms with Crippen LogP contribution in [0.5, 0.6) is 0 Å². The quantitative estimate of drug-likeness (QED) is 0.914. The fraction of sp³-hybridized carbons (Fsp3) is 0.214. The number of halogens is 3. The number of rotatable bonds is 3. The fourth-order valence-electron chi connectivity index (χ4n) is 1.72. The predicted octanol–water partition coefficient (Wildman–Crippen LogP) is 3.25. The van der Waals surface area contributed by atoms with Crippen molar-refractivity contribution in [3.63, 3.8) is 0 Å². The van der Waals surface area contributed by atoms with Crippen LogP contribution in [0.2, 0.25) is 0 Å². The molecule has 0 aliphatic carbocycles. The topological polar surface area (TPSA) is 62.5 Å². The molecule has 1 aromatic heterocycles. The van der Waals surface area contributed by atoms with Gasteiger partial charge in [-0.2, -0.15) is 13.2 Å². The Kier molecular flexibility index (Phi) is 4.04. The maximum Gasteiger partial charge on any atom is 0.471 e. The van der Waals surface area contributed by atoms with Gasteiger partial charge < -0.3 is 14.8 Å². The number of amides is 1. The standard InChI is InChI=1S/C14H12F3NO3/c1-8-2-3-9(12-5-4-10(7-19)21-12)6-11(8)18-13(20)14(15,16)17/h2-6,19H,7H2,1H3,(H,18,20). The van der Waals surface area contributed by atoms with Gasteiger partial charge in [-0.05, 0) is 30.7 Å². The summed E-state index contributed by atoms with van der Waals surface area (Å²) in [7, 11) is 0. The van der Waals surface area contributed by atoms with Gasteiger partial charge in [0.25, 0.3) is 0 Å². The van der Waals surface area contributed by atoms with Gasteiger partial charge in [-0.3, -0.25) is 4.79 Å². The summed E-state index contributed by atoms with van der Waals surface area (Å²) in [5.41, 5.74) is 1.04. The molecule has 0 unspecified atom stereocenters. The van der Waals surface area contributed by atoms with E-state index < -0.39 is 12.1 Å². The SMILES string of the molecule is Cc1ccc(-c2ccc(CO)o2)cc1NC(=O)C(F)(F)F. The molecule has 21 heavy (non-hydrogen) atoms. The first-order valence-corrected chi connectivity index (χ1v) is 6.00. The highest BCUT2D eigenvalue weighted by Crippen LogP contribution is 2.28. The van der Waals surface area contributed by atoms with E-state index in [1.165, 1.54) is 6.07 Å². The van der Waals surface area contributed by atoms with Crippen LogP contribution in [-0.2, 0) is 11.4 Å². The second-order valence-electron chi connectivity index (χ2n) is 4.41. The summed E-state index contributed by atoms with van der Waals surface area (Å²) in [6, 6.07) is 7.76. The molecule has 1 heterocycles. The number of aryl methyl sites for hydroxylation is 1. The molecule has 1 amide bonds. The third-order valence-electron chi connectivity index (χ3n) is 2.85. The minimum Gasteiger partial charge on any atom is -0.459 e. The lowest BCUT2D eigenvalue weighted by molar-refractivity contribution is -0.167. The highest BCUT2D eigenvalue weighted by molar-refractivity contribution is 5.96. The molecule has 0 atom stereocenters. The van der Waals surface area contributed by atoms with E-state index in [4.69, 9.17) is 9.52 Å². The average Bonchev–Trinajstić information content (AvgIpc) is 2.89. The summed E-state index contributed by atoms with van der Waals surface area (Å²) < 4.78 is 42.1. The number of carbonyl (C=O) groups excluding carboxylic acids is 1. The lowest BCUT2D eigenvalue weighted by Gasteiger charge is -2.11. The predicted molar refractivity (Wildman–Crippen MR) is 69.5 cm³/mol. The fourth-order valence-corrected chi connectivity index (χ4v) is 1.72. The van der Waals surface area contributed by atoms with Gasteiger partial charge >= 0.3 is 12.1 Å². The number of hydrogen-bond acceptors (Lipinski definition) is 3. The van der Waals surface area contributed by atoms with E-state index in [2.05, 4.69) is 0 Å². The molecule has 0 fully saturated rings. The van der Waals surface area contributed by atoms with Crippen LogP contribution in [0.4, 0.5) is 18.9 Å². The van der Waals surface area contributed by atoms with Gasteiger partial charge in [-0.25, -0.2) is 0 Å². The number of benzene rings is 1. The number of aliphatic hydroxyl groups is 1. The zero-order valence-electron chi connectivity index (χ0n) is 11.0. The van der Waals surface area contributed by atoms with Crippen LogP contribution < -0.4 is 5.32 Å². The molecule has 4 nitrogen and oxygen atoms in total.